The standard InChI is InChI=1S/C34H32N2O4/c1-24(19-32(37)26-12-4-2-5-13-26)36-31(34(39)40)21-29-16-8-9-18-30(29)28-17-10-11-25(20-28)22-35-23-33(38)27-14-6-3-7-15-27/h2-20,31,35-36H,21-23H2,1H3,(H,39,40). The Labute approximate surface area is 234 Å². The van der Waals surface area contributed by atoms with Gasteiger partial charge in [-0.05, 0) is 35.2 Å². The van der Waals surface area contributed by atoms with Crippen molar-refractivity contribution in [2.75, 3.05) is 6.54 Å². The number of rotatable bonds is 13. The van der Waals surface area contributed by atoms with E-state index >= 15 is 0 Å². The molecule has 0 amide bonds. The van der Waals surface area contributed by atoms with E-state index in [4.69, 9.17) is 0 Å². The quantitative estimate of drug-likeness (QED) is 0.151. The van der Waals surface area contributed by atoms with Gasteiger partial charge in [0.15, 0.2) is 11.6 Å². The first-order valence-corrected chi connectivity index (χ1v) is 13.1. The number of nitrogens with one attached hydrogen (secondary N) is 2. The topological polar surface area (TPSA) is 95.5 Å². The summed E-state index contributed by atoms with van der Waals surface area (Å²) in [5.41, 5.74) is 5.47. The molecule has 4 aromatic carbocycles. The lowest BCUT2D eigenvalue weighted by Crippen LogP contribution is -2.37. The summed E-state index contributed by atoms with van der Waals surface area (Å²) in [7, 11) is 0. The summed E-state index contributed by atoms with van der Waals surface area (Å²) in [6.07, 6.45) is 1.65. The van der Waals surface area contributed by atoms with Crippen molar-refractivity contribution in [1.29, 1.82) is 0 Å². The van der Waals surface area contributed by atoms with E-state index in [0.29, 0.717) is 23.4 Å². The Morgan fingerprint density at radius 3 is 2.15 bits per heavy atom. The number of carbonyl (C=O) groups excluding carboxylic acids is 2. The summed E-state index contributed by atoms with van der Waals surface area (Å²) in [6.45, 7) is 2.45. The highest BCUT2D eigenvalue weighted by molar-refractivity contribution is 6.04. The lowest BCUT2D eigenvalue weighted by molar-refractivity contribution is -0.139. The van der Waals surface area contributed by atoms with Gasteiger partial charge in [0, 0.05) is 35.9 Å². The number of hydrogen-bond donors (Lipinski definition) is 3. The number of aliphatic carboxylic acids is 1. The lowest BCUT2D eigenvalue weighted by atomic mass is 9.94. The number of benzene rings is 4. The van der Waals surface area contributed by atoms with Gasteiger partial charge < -0.3 is 15.7 Å². The Kier molecular flexibility index (Phi) is 9.75. The molecule has 6 heteroatoms. The fraction of sp³-hybridized carbons (Fsp3) is 0.147. The highest BCUT2D eigenvalue weighted by atomic mass is 16.4. The fourth-order valence-electron chi connectivity index (χ4n) is 4.49. The minimum absolute atomic E-state index is 0.0316. The molecular formula is C34H32N2O4. The zero-order valence-electron chi connectivity index (χ0n) is 22.3. The van der Waals surface area contributed by atoms with Gasteiger partial charge in [0.05, 0.1) is 6.54 Å². The SMILES string of the molecule is CC(=CC(=O)c1ccccc1)NC(Cc1ccccc1-c1cccc(CNCC(=O)c2ccccc2)c1)C(=O)O. The fourth-order valence-corrected chi connectivity index (χ4v) is 4.49. The molecule has 0 aliphatic carbocycles. The first-order chi connectivity index (χ1) is 19.4. The second kappa shape index (κ2) is 13.8. The highest BCUT2D eigenvalue weighted by Crippen LogP contribution is 2.26. The smallest absolute Gasteiger partial charge is 0.326 e. The zero-order valence-corrected chi connectivity index (χ0v) is 22.3. The Morgan fingerprint density at radius 2 is 1.45 bits per heavy atom. The van der Waals surface area contributed by atoms with Gasteiger partial charge in [0.25, 0.3) is 0 Å². The maximum atomic E-state index is 12.5. The van der Waals surface area contributed by atoms with Gasteiger partial charge in [-0.25, -0.2) is 4.79 Å². The summed E-state index contributed by atoms with van der Waals surface area (Å²) in [6, 6.07) is 32.8. The molecule has 4 rings (SSSR count). The first kappa shape index (κ1) is 28.2. The van der Waals surface area contributed by atoms with Crippen LogP contribution in [0.4, 0.5) is 0 Å². The molecule has 0 saturated carbocycles. The maximum Gasteiger partial charge on any atom is 0.326 e. The van der Waals surface area contributed by atoms with Gasteiger partial charge in [0.1, 0.15) is 6.04 Å². The molecule has 6 nitrogen and oxygen atoms in total. The van der Waals surface area contributed by atoms with Crippen LogP contribution in [-0.4, -0.2) is 35.2 Å². The van der Waals surface area contributed by atoms with Crippen molar-refractivity contribution in [3.05, 3.63) is 143 Å². The van der Waals surface area contributed by atoms with Crippen molar-refractivity contribution in [3.8, 4) is 11.1 Å². The number of carboxylic acids is 1. The molecular weight excluding hydrogens is 500 g/mol. The van der Waals surface area contributed by atoms with Crippen LogP contribution in [0.1, 0.15) is 38.8 Å². The van der Waals surface area contributed by atoms with Crippen LogP contribution in [0, 0.1) is 0 Å². The number of carboxylic acid groups (broad SMARTS) is 1. The molecule has 0 aromatic heterocycles. The van der Waals surface area contributed by atoms with Crippen molar-refractivity contribution in [2.24, 2.45) is 0 Å². The minimum atomic E-state index is -1.00. The van der Waals surface area contributed by atoms with Crippen LogP contribution in [0.15, 0.2) is 121 Å². The molecule has 0 radical (unpaired) electrons. The van der Waals surface area contributed by atoms with Crippen LogP contribution in [0.25, 0.3) is 11.1 Å². The van der Waals surface area contributed by atoms with E-state index in [1.165, 1.54) is 6.08 Å². The lowest BCUT2D eigenvalue weighted by Gasteiger charge is -2.18. The van der Waals surface area contributed by atoms with Crippen LogP contribution < -0.4 is 10.6 Å². The first-order valence-electron chi connectivity index (χ1n) is 13.1. The van der Waals surface area contributed by atoms with E-state index in [0.717, 1.165) is 22.3 Å². The Morgan fingerprint density at radius 1 is 0.800 bits per heavy atom. The van der Waals surface area contributed by atoms with Crippen molar-refractivity contribution < 1.29 is 19.5 Å². The third kappa shape index (κ3) is 7.85. The van der Waals surface area contributed by atoms with Crippen molar-refractivity contribution in [3.63, 3.8) is 0 Å². The van der Waals surface area contributed by atoms with E-state index < -0.39 is 12.0 Å². The predicted molar refractivity (Wildman–Crippen MR) is 157 cm³/mol. The summed E-state index contributed by atoms with van der Waals surface area (Å²) in [5.74, 6) is -1.16. The summed E-state index contributed by atoms with van der Waals surface area (Å²) >= 11 is 0. The second-order valence-electron chi connectivity index (χ2n) is 9.55. The third-order valence-corrected chi connectivity index (χ3v) is 6.50. The van der Waals surface area contributed by atoms with Crippen molar-refractivity contribution in [2.45, 2.75) is 25.9 Å². The summed E-state index contributed by atoms with van der Waals surface area (Å²) in [4.78, 5) is 37.1. The van der Waals surface area contributed by atoms with Gasteiger partial charge >= 0.3 is 5.97 Å². The maximum absolute atomic E-state index is 12.5. The second-order valence-corrected chi connectivity index (χ2v) is 9.55. The van der Waals surface area contributed by atoms with Gasteiger partial charge in [-0.15, -0.1) is 0 Å². The summed E-state index contributed by atoms with van der Waals surface area (Å²) in [5, 5.41) is 16.2. The molecule has 4 aromatic rings. The molecule has 0 spiro atoms. The van der Waals surface area contributed by atoms with Gasteiger partial charge in [-0.3, -0.25) is 9.59 Å². The molecule has 1 unspecified atom stereocenters. The number of allylic oxidation sites excluding steroid dienone is 2. The average Bonchev–Trinajstić information content (AvgIpc) is 2.98. The number of Topliss-reactive ketones (excluding diaryl/α,β-unsaturated/α-hetero) is 1. The molecule has 0 aliphatic heterocycles. The van der Waals surface area contributed by atoms with Gasteiger partial charge in [-0.1, -0.05) is 103 Å². The van der Waals surface area contributed by atoms with E-state index in [9.17, 15) is 19.5 Å². The van der Waals surface area contributed by atoms with Gasteiger partial charge in [0.2, 0.25) is 0 Å². The van der Waals surface area contributed by atoms with Crippen LogP contribution in [0.2, 0.25) is 0 Å². The number of ketones is 2. The van der Waals surface area contributed by atoms with E-state index in [1.54, 1.807) is 43.3 Å². The van der Waals surface area contributed by atoms with Gasteiger partial charge in [-0.2, -0.15) is 0 Å². The molecule has 0 fully saturated rings. The molecule has 202 valence electrons. The molecule has 0 heterocycles. The Balaban J connectivity index is 1.45. The normalized spacial score (nSPS) is 12.0. The van der Waals surface area contributed by atoms with Crippen molar-refractivity contribution in [1.82, 2.24) is 10.6 Å². The molecule has 1 atom stereocenters. The number of hydrogen-bond acceptors (Lipinski definition) is 5. The van der Waals surface area contributed by atoms with Crippen molar-refractivity contribution >= 4 is 17.5 Å². The van der Waals surface area contributed by atoms with Crippen LogP contribution in [0.5, 0.6) is 0 Å². The molecule has 0 aliphatic rings. The van der Waals surface area contributed by atoms with E-state index in [1.807, 2.05) is 72.8 Å². The van der Waals surface area contributed by atoms with E-state index in [-0.39, 0.29) is 24.5 Å². The van der Waals surface area contributed by atoms with Crippen LogP contribution >= 0.6 is 0 Å². The highest BCUT2D eigenvalue weighted by Gasteiger charge is 2.20. The predicted octanol–water partition coefficient (Wildman–Crippen LogP) is 5.70. The molecule has 3 N–H and O–H groups in total. The third-order valence-electron chi connectivity index (χ3n) is 6.50. The van der Waals surface area contributed by atoms with Crippen LogP contribution in [0.3, 0.4) is 0 Å². The largest absolute Gasteiger partial charge is 0.480 e. The molecule has 0 saturated heterocycles. The van der Waals surface area contributed by atoms with Crippen LogP contribution in [-0.2, 0) is 17.8 Å². The monoisotopic (exact) mass is 532 g/mol. The average molecular weight is 533 g/mol. The Bertz CT molecular complexity index is 1500. The summed E-state index contributed by atoms with van der Waals surface area (Å²) < 4.78 is 0. The zero-order chi connectivity index (χ0) is 28.3. The molecule has 40 heavy (non-hydrogen) atoms. The van der Waals surface area contributed by atoms with E-state index in [2.05, 4.69) is 10.6 Å². The number of carbonyl (C=O) groups is 3. The molecule has 0 bridgehead atoms. The minimum Gasteiger partial charge on any atom is -0.480 e. The Hall–Kier alpha value is -4.81.